The Labute approximate surface area is 83.6 Å². The molecule has 0 aliphatic carbocycles. The molecule has 0 fully saturated rings. The van der Waals surface area contributed by atoms with Gasteiger partial charge >= 0.3 is 0 Å². The van der Waals surface area contributed by atoms with Crippen LogP contribution >= 0.6 is 0 Å². The zero-order valence-electron chi connectivity index (χ0n) is 8.50. The highest BCUT2D eigenvalue weighted by molar-refractivity contribution is 5.30. The smallest absolute Gasteiger partial charge is 0.123 e. The summed E-state index contributed by atoms with van der Waals surface area (Å²) in [6.45, 7) is 3.82. The molecule has 0 spiro atoms. The second kappa shape index (κ2) is 4.53. The molecule has 0 saturated heterocycles. The molecule has 0 radical (unpaired) electrons. The largest absolute Gasteiger partial charge is 0.392 e. The number of aliphatic hydroxyl groups is 1. The van der Waals surface area contributed by atoms with Gasteiger partial charge in [-0.3, -0.25) is 0 Å². The van der Waals surface area contributed by atoms with Crippen molar-refractivity contribution in [3.8, 4) is 0 Å². The van der Waals surface area contributed by atoms with Crippen LogP contribution < -0.4 is 5.73 Å². The first-order valence-electron chi connectivity index (χ1n) is 4.71. The van der Waals surface area contributed by atoms with Gasteiger partial charge in [0.25, 0.3) is 0 Å². The Kier molecular flexibility index (Phi) is 3.61. The molecule has 1 aromatic rings. The maximum atomic E-state index is 12.8. The Hall–Kier alpha value is -0.930. The van der Waals surface area contributed by atoms with Gasteiger partial charge in [0.2, 0.25) is 0 Å². The first-order chi connectivity index (χ1) is 6.56. The molecule has 3 N–H and O–H groups in total. The van der Waals surface area contributed by atoms with E-state index in [0.29, 0.717) is 5.56 Å². The Morgan fingerprint density at radius 2 is 2.07 bits per heavy atom. The predicted molar refractivity (Wildman–Crippen MR) is 54.1 cm³/mol. The van der Waals surface area contributed by atoms with Crippen molar-refractivity contribution in [2.24, 2.45) is 11.7 Å². The van der Waals surface area contributed by atoms with Crippen LogP contribution in [0.1, 0.15) is 31.0 Å². The maximum absolute atomic E-state index is 12.8. The number of benzene rings is 1. The summed E-state index contributed by atoms with van der Waals surface area (Å²) in [5.41, 5.74) is 7.33. The Bertz CT molecular complexity index is 312. The third-order valence-electron chi connectivity index (χ3n) is 2.35. The molecule has 0 bridgehead atoms. The van der Waals surface area contributed by atoms with Gasteiger partial charge in [0.05, 0.1) is 6.61 Å². The van der Waals surface area contributed by atoms with Crippen LogP contribution in [0.4, 0.5) is 4.39 Å². The van der Waals surface area contributed by atoms with Crippen LogP contribution in [0, 0.1) is 11.7 Å². The molecular formula is C11H16FNO. The minimum absolute atomic E-state index is 0.155. The molecule has 0 saturated carbocycles. The van der Waals surface area contributed by atoms with Crippen molar-refractivity contribution in [2.75, 3.05) is 0 Å². The van der Waals surface area contributed by atoms with Crippen molar-refractivity contribution in [3.63, 3.8) is 0 Å². The van der Waals surface area contributed by atoms with Crippen LogP contribution in [0.25, 0.3) is 0 Å². The third-order valence-corrected chi connectivity index (χ3v) is 2.35. The summed E-state index contributed by atoms with van der Waals surface area (Å²) in [6.07, 6.45) is 0. The van der Waals surface area contributed by atoms with Gasteiger partial charge in [0.15, 0.2) is 0 Å². The average molecular weight is 197 g/mol. The van der Waals surface area contributed by atoms with E-state index in [0.717, 1.165) is 5.56 Å². The van der Waals surface area contributed by atoms with Gasteiger partial charge in [-0.05, 0) is 29.2 Å². The topological polar surface area (TPSA) is 46.2 Å². The van der Waals surface area contributed by atoms with Crippen LogP contribution in [0.2, 0.25) is 0 Å². The van der Waals surface area contributed by atoms with Crippen LogP contribution in [-0.4, -0.2) is 5.11 Å². The lowest BCUT2D eigenvalue weighted by molar-refractivity contribution is 0.278. The number of halogens is 1. The molecular weight excluding hydrogens is 181 g/mol. The fourth-order valence-corrected chi connectivity index (χ4v) is 1.40. The Balaban J connectivity index is 3.07. The zero-order valence-corrected chi connectivity index (χ0v) is 8.50. The molecule has 0 heterocycles. The average Bonchev–Trinajstić information content (AvgIpc) is 2.16. The van der Waals surface area contributed by atoms with Crippen molar-refractivity contribution >= 4 is 0 Å². The van der Waals surface area contributed by atoms with Crippen molar-refractivity contribution in [2.45, 2.75) is 26.5 Å². The van der Waals surface area contributed by atoms with E-state index >= 15 is 0 Å². The molecule has 3 heteroatoms. The summed E-state index contributed by atoms with van der Waals surface area (Å²) in [4.78, 5) is 0. The molecule has 1 aromatic carbocycles. The quantitative estimate of drug-likeness (QED) is 0.778. The molecule has 1 rings (SSSR count). The number of hydrogen-bond donors (Lipinski definition) is 2. The molecule has 0 aliphatic rings. The first kappa shape index (κ1) is 11.1. The van der Waals surface area contributed by atoms with Crippen molar-refractivity contribution < 1.29 is 9.50 Å². The van der Waals surface area contributed by atoms with Gasteiger partial charge in [-0.25, -0.2) is 4.39 Å². The minimum Gasteiger partial charge on any atom is -0.392 e. The maximum Gasteiger partial charge on any atom is 0.123 e. The SMILES string of the molecule is CC(C)[C@@H](N)c1ccc(F)cc1CO. The number of aliphatic hydroxyl groups excluding tert-OH is 1. The fraction of sp³-hybridized carbons (Fsp3) is 0.455. The summed E-state index contributed by atoms with van der Waals surface area (Å²) < 4.78 is 12.8. The van der Waals surface area contributed by atoms with Gasteiger partial charge in [0.1, 0.15) is 5.82 Å². The monoisotopic (exact) mass is 197 g/mol. The molecule has 78 valence electrons. The highest BCUT2D eigenvalue weighted by atomic mass is 19.1. The van der Waals surface area contributed by atoms with Crippen LogP contribution in [0.5, 0.6) is 0 Å². The number of rotatable bonds is 3. The number of hydrogen-bond acceptors (Lipinski definition) is 2. The van der Waals surface area contributed by atoms with Crippen molar-refractivity contribution in [3.05, 3.63) is 35.1 Å². The summed E-state index contributed by atoms with van der Waals surface area (Å²) in [5, 5.41) is 9.05. The third kappa shape index (κ3) is 2.30. The van der Waals surface area contributed by atoms with E-state index in [-0.39, 0.29) is 24.4 Å². The normalized spacial score (nSPS) is 13.3. The lowest BCUT2D eigenvalue weighted by Gasteiger charge is -2.18. The molecule has 0 aromatic heterocycles. The summed E-state index contributed by atoms with van der Waals surface area (Å²) in [7, 11) is 0. The molecule has 0 amide bonds. The van der Waals surface area contributed by atoms with Crippen LogP contribution in [0.3, 0.4) is 0 Å². The summed E-state index contributed by atoms with van der Waals surface area (Å²) >= 11 is 0. The highest BCUT2D eigenvalue weighted by Gasteiger charge is 2.14. The molecule has 1 atom stereocenters. The molecule has 2 nitrogen and oxygen atoms in total. The van der Waals surface area contributed by atoms with E-state index in [1.807, 2.05) is 13.8 Å². The number of nitrogens with two attached hydrogens (primary N) is 1. The second-order valence-corrected chi connectivity index (χ2v) is 3.77. The zero-order chi connectivity index (χ0) is 10.7. The first-order valence-corrected chi connectivity index (χ1v) is 4.71. The fourth-order valence-electron chi connectivity index (χ4n) is 1.40. The Morgan fingerprint density at radius 3 is 2.57 bits per heavy atom. The van der Waals surface area contributed by atoms with Crippen molar-refractivity contribution in [1.29, 1.82) is 0 Å². The highest BCUT2D eigenvalue weighted by Crippen LogP contribution is 2.23. The van der Waals surface area contributed by atoms with Gasteiger partial charge in [0, 0.05) is 6.04 Å². The van der Waals surface area contributed by atoms with Crippen LogP contribution in [-0.2, 0) is 6.61 Å². The Morgan fingerprint density at radius 1 is 1.43 bits per heavy atom. The van der Waals surface area contributed by atoms with Gasteiger partial charge in [-0.15, -0.1) is 0 Å². The lowest BCUT2D eigenvalue weighted by atomic mass is 9.93. The predicted octanol–water partition coefficient (Wildman–Crippen LogP) is 1.97. The second-order valence-electron chi connectivity index (χ2n) is 3.77. The minimum atomic E-state index is -0.339. The van der Waals surface area contributed by atoms with E-state index < -0.39 is 0 Å². The van der Waals surface area contributed by atoms with E-state index in [1.54, 1.807) is 6.07 Å². The van der Waals surface area contributed by atoms with Crippen LogP contribution in [0.15, 0.2) is 18.2 Å². The van der Waals surface area contributed by atoms with E-state index in [1.165, 1.54) is 12.1 Å². The van der Waals surface area contributed by atoms with E-state index in [4.69, 9.17) is 10.8 Å². The standard InChI is InChI=1S/C11H16FNO/c1-7(2)11(13)10-4-3-9(12)5-8(10)6-14/h3-5,7,11,14H,6,13H2,1-2H3/t11-/m1/s1. The molecule has 0 unspecified atom stereocenters. The molecule has 14 heavy (non-hydrogen) atoms. The molecule has 0 aliphatic heterocycles. The van der Waals surface area contributed by atoms with Crippen molar-refractivity contribution in [1.82, 2.24) is 0 Å². The summed E-state index contributed by atoms with van der Waals surface area (Å²) in [6, 6.07) is 4.19. The lowest BCUT2D eigenvalue weighted by Crippen LogP contribution is -2.18. The van der Waals surface area contributed by atoms with E-state index in [2.05, 4.69) is 0 Å². The van der Waals surface area contributed by atoms with Gasteiger partial charge in [-0.1, -0.05) is 19.9 Å². The van der Waals surface area contributed by atoms with E-state index in [9.17, 15) is 4.39 Å². The van der Waals surface area contributed by atoms with Gasteiger partial charge in [-0.2, -0.15) is 0 Å². The summed E-state index contributed by atoms with van der Waals surface area (Å²) in [5.74, 6) is -0.0699. The van der Waals surface area contributed by atoms with Gasteiger partial charge < -0.3 is 10.8 Å².